The lowest BCUT2D eigenvalue weighted by molar-refractivity contribution is 0.0933. The maximum absolute atomic E-state index is 12.1. The largest absolute Gasteiger partial charge is 0.384 e. The molecule has 2 atom stereocenters. The van der Waals surface area contributed by atoms with Gasteiger partial charge < -0.3 is 10.6 Å². The van der Waals surface area contributed by atoms with E-state index < -0.39 is 0 Å². The maximum atomic E-state index is 12.1. The second-order valence-electron chi connectivity index (χ2n) is 5.02. The topological polar surface area (TPSA) is 54.0 Å². The number of thioether (sulfide) groups is 1. The number of hydrogen-bond acceptors (Lipinski definition) is 4. The zero-order valence-electron chi connectivity index (χ0n) is 12.2. The molecule has 0 saturated heterocycles. The van der Waals surface area contributed by atoms with Crippen LogP contribution in [0.15, 0.2) is 18.3 Å². The standard InChI is InChI=1S/C15H23N3OS/c1-3-16-12-6-8-14(17-10-12)15(19)18-11-5-7-13(9-11)20-4-2/h6,8,10-11,13,16H,3-5,7,9H2,1-2H3,(H,18,19). The second kappa shape index (κ2) is 7.53. The third kappa shape index (κ3) is 4.13. The quantitative estimate of drug-likeness (QED) is 0.847. The summed E-state index contributed by atoms with van der Waals surface area (Å²) in [4.78, 5) is 16.3. The summed E-state index contributed by atoms with van der Waals surface area (Å²) in [5, 5.41) is 6.97. The Labute approximate surface area is 125 Å². The van der Waals surface area contributed by atoms with E-state index in [0.717, 1.165) is 30.8 Å². The van der Waals surface area contributed by atoms with Crippen LogP contribution in [0.5, 0.6) is 0 Å². The maximum Gasteiger partial charge on any atom is 0.270 e. The molecular formula is C15H23N3OS. The molecule has 1 aromatic rings. The molecule has 1 saturated carbocycles. The molecule has 0 radical (unpaired) electrons. The summed E-state index contributed by atoms with van der Waals surface area (Å²) >= 11 is 2.00. The highest BCUT2D eigenvalue weighted by Gasteiger charge is 2.26. The molecule has 5 heteroatoms. The molecule has 0 aromatic carbocycles. The molecular weight excluding hydrogens is 270 g/mol. The molecule has 0 bridgehead atoms. The van der Waals surface area contributed by atoms with E-state index >= 15 is 0 Å². The average Bonchev–Trinajstić information content (AvgIpc) is 2.88. The van der Waals surface area contributed by atoms with Gasteiger partial charge in [0.2, 0.25) is 0 Å². The molecule has 2 rings (SSSR count). The van der Waals surface area contributed by atoms with Crippen molar-refractivity contribution in [3.05, 3.63) is 24.0 Å². The van der Waals surface area contributed by atoms with E-state index in [0.29, 0.717) is 17.0 Å². The lowest BCUT2D eigenvalue weighted by Crippen LogP contribution is -2.33. The Hall–Kier alpha value is -1.23. The predicted molar refractivity (Wildman–Crippen MR) is 85.4 cm³/mol. The number of amides is 1. The zero-order chi connectivity index (χ0) is 14.4. The summed E-state index contributed by atoms with van der Waals surface area (Å²) < 4.78 is 0. The molecule has 1 aliphatic rings. The van der Waals surface area contributed by atoms with Gasteiger partial charge in [-0.1, -0.05) is 6.92 Å². The third-order valence-electron chi connectivity index (χ3n) is 3.50. The first kappa shape index (κ1) is 15.2. The lowest BCUT2D eigenvalue weighted by Gasteiger charge is -2.13. The van der Waals surface area contributed by atoms with Crippen LogP contribution in [0.25, 0.3) is 0 Å². The van der Waals surface area contributed by atoms with Crippen LogP contribution < -0.4 is 10.6 Å². The van der Waals surface area contributed by atoms with Crippen molar-refractivity contribution < 1.29 is 4.79 Å². The van der Waals surface area contributed by atoms with Crippen molar-refractivity contribution in [2.45, 2.75) is 44.4 Å². The van der Waals surface area contributed by atoms with Gasteiger partial charge in [-0.15, -0.1) is 0 Å². The second-order valence-corrected chi connectivity index (χ2v) is 6.60. The van der Waals surface area contributed by atoms with Gasteiger partial charge in [0, 0.05) is 17.8 Å². The summed E-state index contributed by atoms with van der Waals surface area (Å²) in [7, 11) is 0. The van der Waals surface area contributed by atoms with E-state index in [2.05, 4.69) is 22.5 Å². The first-order chi connectivity index (χ1) is 9.72. The van der Waals surface area contributed by atoms with Gasteiger partial charge in [-0.3, -0.25) is 4.79 Å². The molecule has 110 valence electrons. The zero-order valence-corrected chi connectivity index (χ0v) is 13.0. The molecule has 1 heterocycles. The Balaban J connectivity index is 1.85. The van der Waals surface area contributed by atoms with Gasteiger partial charge in [0.15, 0.2) is 0 Å². The van der Waals surface area contributed by atoms with E-state index in [1.54, 1.807) is 12.3 Å². The van der Waals surface area contributed by atoms with E-state index in [1.165, 1.54) is 6.42 Å². The molecule has 2 unspecified atom stereocenters. The number of anilines is 1. The van der Waals surface area contributed by atoms with Gasteiger partial charge in [-0.2, -0.15) is 11.8 Å². The Morgan fingerprint density at radius 3 is 2.90 bits per heavy atom. The van der Waals surface area contributed by atoms with Crippen molar-refractivity contribution in [2.24, 2.45) is 0 Å². The molecule has 0 aliphatic heterocycles. The van der Waals surface area contributed by atoms with Crippen LogP contribution in [0.1, 0.15) is 43.6 Å². The summed E-state index contributed by atoms with van der Waals surface area (Å²) in [5.74, 6) is 1.10. The molecule has 1 aliphatic carbocycles. The van der Waals surface area contributed by atoms with Gasteiger partial charge >= 0.3 is 0 Å². The van der Waals surface area contributed by atoms with Crippen molar-refractivity contribution in [2.75, 3.05) is 17.6 Å². The van der Waals surface area contributed by atoms with E-state index in [1.807, 2.05) is 24.8 Å². The monoisotopic (exact) mass is 293 g/mol. The highest BCUT2D eigenvalue weighted by atomic mass is 32.2. The van der Waals surface area contributed by atoms with Crippen molar-refractivity contribution in [1.29, 1.82) is 0 Å². The van der Waals surface area contributed by atoms with Gasteiger partial charge in [-0.05, 0) is 44.1 Å². The van der Waals surface area contributed by atoms with E-state index in [-0.39, 0.29) is 5.91 Å². The van der Waals surface area contributed by atoms with Crippen LogP contribution >= 0.6 is 11.8 Å². The molecule has 0 spiro atoms. The van der Waals surface area contributed by atoms with Crippen molar-refractivity contribution in [1.82, 2.24) is 10.3 Å². The fraction of sp³-hybridized carbons (Fsp3) is 0.600. The number of pyridine rings is 1. The number of nitrogens with zero attached hydrogens (tertiary/aromatic N) is 1. The number of hydrogen-bond donors (Lipinski definition) is 2. The number of aromatic nitrogens is 1. The molecule has 4 nitrogen and oxygen atoms in total. The van der Waals surface area contributed by atoms with Gasteiger partial charge in [0.1, 0.15) is 5.69 Å². The minimum atomic E-state index is -0.0554. The Morgan fingerprint density at radius 2 is 2.25 bits per heavy atom. The highest BCUT2D eigenvalue weighted by molar-refractivity contribution is 7.99. The van der Waals surface area contributed by atoms with Crippen LogP contribution in [0, 0.1) is 0 Å². The van der Waals surface area contributed by atoms with Gasteiger partial charge in [0.25, 0.3) is 5.91 Å². The van der Waals surface area contributed by atoms with Crippen LogP contribution in [0.4, 0.5) is 5.69 Å². The van der Waals surface area contributed by atoms with Crippen molar-refractivity contribution in [3.8, 4) is 0 Å². The minimum Gasteiger partial charge on any atom is -0.384 e. The predicted octanol–water partition coefficient (Wildman–Crippen LogP) is 2.92. The average molecular weight is 293 g/mol. The SMILES string of the molecule is CCNc1ccc(C(=O)NC2CCC(SCC)C2)nc1. The van der Waals surface area contributed by atoms with Gasteiger partial charge in [0.05, 0.1) is 11.9 Å². The minimum absolute atomic E-state index is 0.0554. The van der Waals surface area contributed by atoms with Crippen molar-refractivity contribution >= 4 is 23.4 Å². The first-order valence-electron chi connectivity index (χ1n) is 7.35. The van der Waals surface area contributed by atoms with Crippen LogP contribution in [0.2, 0.25) is 0 Å². The smallest absolute Gasteiger partial charge is 0.270 e. The Bertz CT molecular complexity index is 435. The number of nitrogens with one attached hydrogen (secondary N) is 2. The van der Waals surface area contributed by atoms with Crippen LogP contribution in [0.3, 0.4) is 0 Å². The Morgan fingerprint density at radius 1 is 1.40 bits per heavy atom. The molecule has 2 N–H and O–H groups in total. The van der Waals surface area contributed by atoms with Crippen molar-refractivity contribution in [3.63, 3.8) is 0 Å². The summed E-state index contributed by atoms with van der Waals surface area (Å²) in [6, 6.07) is 3.98. The summed E-state index contributed by atoms with van der Waals surface area (Å²) in [5.41, 5.74) is 1.45. The number of rotatable bonds is 6. The first-order valence-corrected chi connectivity index (χ1v) is 8.40. The van der Waals surface area contributed by atoms with E-state index in [9.17, 15) is 4.79 Å². The lowest BCUT2D eigenvalue weighted by atomic mass is 10.2. The fourth-order valence-corrected chi connectivity index (χ4v) is 3.70. The summed E-state index contributed by atoms with van der Waals surface area (Å²) in [6.07, 6.45) is 5.08. The number of carbonyl (C=O) groups excluding carboxylic acids is 1. The Kier molecular flexibility index (Phi) is 5.71. The fourth-order valence-electron chi connectivity index (χ4n) is 2.55. The number of carbonyl (C=O) groups is 1. The molecule has 1 fully saturated rings. The summed E-state index contributed by atoms with van der Waals surface area (Å²) in [6.45, 7) is 5.07. The third-order valence-corrected chi connectivity index (χ3v) is 4.73. The normalized spacial score (nSPS) is 21.7. The van der Waals surface area contributed by atoms with Gasteiger partial charge in [-0.25, -0.2) is 4.98 Å². The van der Waals surface area contributed by atoms with E-state index in [4.69, 9.17) is 0 Å². The molecule has 1 amide bonds. The van der Waals surface area contributed by atoms with Crippen LogP contribution in [-0.4, -0.2) is 34.5 Å². The molecule has 20 heavy (non-hydrogen) atoms. The molecule has 1 aromatic heterocycles. The highest BCUT2D eigenvalue weighted by Crippen LogP contribution is 2.29. The van der Waals surface area contributed by atoms with Crippen LogP contribution in [-0.2, 0) is 0 Å².